The first kappa shape index (κ1) is 21.1. The van der Waals surface area contributed by atoms with E-state index in [4.69, 9.17) is 9.72 Å². The number of benzene rings is 1. The number of hydrogen-bond donors (Lipinski definition) is 3. The molecular weight excluding hydrogens is 418 g/mol. The molecule has 1 aromatic carbocycles. The van der Waals surface area contributed by atoms with Gasteiger partial charge in [0.1, 0.15) is 5.65 Å². The van der Waals surface area contributed by atoms with Crippen LogP contribution >= 0.6 is 0 Å². The van der Waals surface area contributed by atoms with Crippen molar-refractivity contribution in [2.75, 3.05) is 12.4 Å². The fourth-order valence-electron chi connectivity index (χ4n) is 4.70. The van der Waals surface area contributed by atoms with Gasteiger partial charge in [-0.2, -0.15) is 9.97 Å². The van der Waals surface area contributed by atoms with Gasteiger partial charge >= 0.3 is 0 Å². The third kappa shape index (κ3) is 4.18. The van der Waals surface area contributed by atoms with Crippen LogP contribution in [0.25, 0.3) is 33.2 Å². The van der Waals surface area contributed by atoms with E-state index in [0.717, 1.165) is 53.2 Å². The molecule has 33 heavy (non-hydrogen) atoms. The fraction of sp³-hybridized carbons (Fsp3) is 0.375. The van der Waals surface area contributed by atoms with Gasteiger partial charge in [-0.05, 0) is 50.3 Å². The summed E-state index contributed by atoms with van der Waals surface area (Å²) in [6.45, 7) is 3.68. The molecule has 0 atom stereocenters. The highest BCUT2D eigenvalue weighted by Crippen LogP contribution is 2.36. The summed E-state index contributed by atoms with van der Waals surface area (Å²) in [5.41, 5.74) is 4.16. The normalized spacial score (nSPS) is 20.6. The maximum atomic E-state index is 11.5. The van der Waals surface area contributed by atoms with Crippen LogP contribution in [0.4, 0.5) is 5.95 Å². The summed E-state index contributed by atoms with van der Waals surface area (Å²) in [7, 11) is 1.62. The number of carbonyl (C=O) groups excluding carboxylic acids is 1. The van der Waals surface area contributed by atoms with E-state index in [-0.39, 0.29) is 17.5 Å². The zero-order valence-electron chi connectivity index (χ0n) is 19.0. The van der Waals surface area contributed by atoms with Crippen LogP contribution in [-0.2, 0) is 4.79 Å². The number of carbonyl (C=O) groups is 1. The lowest BCUT2D eigenvalue weighted by Crippen LogP contribution is -2.49. The molecule has 0 radical (unpaired) electrons. The molecule has 3 aromatic heterocycles. The van der Waals surface area contributed by atoms with Crippen LogP contribution in [0.2, 0.25) is 0 Å². The first-order valence-corrected chi connectivity index (χ1v) is 11.1. The lowest BCUT2D eigenvalue weighted by molar-refractivity contribution is -0.121. The average Bonchev–Trinajstić information content (AvgIpc) is 3.23. The third-order valence-electron chi connectivity index (χ3n) is 6.37. The Balaban J connectivity index is 1.41. The van der Waals surface area contributed by atoms with Crippen LogP contribution in [0.1, 0.15) is 39.5 Å². The zero-order valence-corrected chi connectivity index (χ0v) is 19.0. The first-order valence-electron chi connectivity index (χ1n) is 11.1. The van der Waals surface area contributed by atoms with Crippen molar-refractivity contribution in [2.45, 2.75) is 51.1 Å². The average molecular weight is 446 g/mol. The maximum Gasteiger partial charge on any atom is 0.228 e. The number of nitrogens with zero attached hydrogens (tertiary/aromatic N) is 4. The highest BCUT2D eigenvalue weighted by Gasteiger charge is 2.32. The van der Waals surface area contributed by atoms with Crippen molar-refractivity contribution in [1.29, 1.82) is 0 Å². The van der Waals surface area contributed by atoms with Crippen LogP contribution in [0.3, 0.4) is 0 Å². The van der Waals surface area contributed by atoms with Crippen molar-refractivity contribution < 1.29 is 9.53 Å². The van der Waals surface area contributed by atoms with Crippen molar-refractivity contribution in [3.8, 4) is 17.0 Å². The number of H-pyrrole nitrogens is 1. The smallest absolute Gasteiger partial charge is 0.228 e. The lowest BCUT2D eigenvalue weighted by Gasteiger charge is -2.38. The molecule has 9 heteroatoms. The van der Waals surface area contributed by atoms with Crippen molar-refractivity contribution in [2.24, 2.45) is 0 Å². The summed E-state index contributed by atoms with van der Waals surface area (Å²) in [4.78, 5) is 32.9. The number of methoxy groups -OCH3 is 1. The Bertz CT molecular complexity index is 1330. The van der Waals surface area contributed by atoms with Gasteiger partial charge in [0.25, 0.3) is 0 Å². The molecule has 3 N–H and O–H groups in total. The predicted molar refractivity (Wildman–Crippen MR) is 127 cm³/mol. The third-order valence-corrected chi connectivity index (χ3v) is 6.37. The van der Waals surface area contributed by atoms with Gasteiger partial charge in [0, 0.05) is 42.7 Å². The minimum absolute atomic E-state index is 0.0171. The van der Waals surface area contributed by atoms with Gasteiger partial charge in [0.05, 0.1) is 23.5 Å². The molecular formula is C24H27N7O2. The largest absolute Gasteiger partial charge is 0.480 e. The summed E-state index contributed by atoms with van der Waals surface area (Å²) in [5, 5.41) is 7.37. The summed E-state index contributed by atoms with van der Waals surface area (Å²) >= 11 is 0. The number of hydrogen-bond acceptors (Lipinski definition) is 7. The van der Waals surface area contributed by atoms with Gasteiger partial charge in [-0.3, -0.25) is 14.8 Å². The van der Waals surface area contributed by atoms with Crippen molar-refractivity contribution in [1.82, 2.24) is 30.2 Å². The summed E-state index contributed by atoms with van der Waals surface area (Å²) < 4.78 is 5.66. The summed E-state index contributed by atoms with van der Waals surface area (Å²) in [6.07, 6.45) is 8.95. The molecule has 0 bridgehead atoms. The Morgan fingerprint density at radius 3 is 2.64 bits per heavy atom. The van der Waals surface area contributed by atoms with E-state index in [2.05, 4.69) is 37.5 Å². The van der Waals surface area contributed by atoms with Crippen LogP contribution in [0, 0.1) is 0 Å². The minimum Gasteiger partial charge on any atom is -0.480 e. The fourth-order valence-corrected chi connectivity index (χ4v) is 4.70. The van der Waals surface area contributed by atoms with E-state index in [0.29, 0.717) is 17.5 Å². The number of fused-ring (bicyclic) bond motifs is 2. The highest BCUT2D eigenvalue weighted by molar-refractivity contribution is 5.99. The molecule has 1 fully saturated rings. The molecule has 1 aliphatic rings. The van der Waals surface area contributed by atoms with Gasteiger partial charge in [-0.15, -0.1) is 0 Å². The minimum atomic E-state index is -0.148. The lowest BCUT2D eigenvalue weighted by atomic mass is 9.81. The van der Waals surface area contributed by atoms with Gasteiger partial charge < -0.3 is 20.4 Å². The Kier molecular flexibility index (Phi) is 5.32. The molecule has 170 valence electrons. The van der Waals surface area contributed by atoms with Crippen LogP contribution < -0.4 is 15.4 Å². The Morgan fingerprint density at radius 1 is 1.15 bits per heavy atom. The number of amides is 1. The molecule has 1 aliphatic carbocycles. The van der Waals surface area contributed by atoms with Crippen LogP contribution in [-0.4, -0.2) is 49.5 Å². The van der Waals surface area contributed by atoms with E-state index in [9.17, 15) is 4.79 Å². The highest BCUT2D eigenvalue weighted by atomic mass is 16.5. The number of anilines is 1. The second kappa shape index (κ2) is 8.31. The predicted octanol–water partition coefficient (Wildman–Crippen LogP) is 3.83. The molecule has 9 nitrogen and oxygen atoms in total. The van der Waals surface area contributed by atoms with E-state index in [1.807, 2.05) is 24.4 Å². The van der Waals surface area contributed by atoms with Crippen molar-refractivity contribution in [3.05, 3.63) is 36.8 Å². The number of rotatable bonds is 5. The van der Waals surface area contributed by atoms with E-state index >= 15 is 0 Å². The number of ether oxygens (including phenoxy) is 1. The number of aromatic nitrogens is 5. The standard InChI is InChI=1S/C24H27N7O2/c1-14(32)31-24(2)8-6-16(7-9-24)28-23-29-21-20(22(30-23)33-3)17(13-27-21)15-4-5-18-19(12-15)26-11-10-25-18/h4-5,10-13,16H,6-9H2,1-3H3,(H,31,32)(H2,27,28,29,30)/t16-,24-. The second-order valence-electron chi connectivity index (χ2n) is 8.90. The van der Waals surface area contributed by atoms with E-state index in [1.165, 1.54) is 0 Å². The molecule has 0 saturated heterocycles. The monoisotopic (exact) mass is 445 g/mol. The number of aromatic amines is 1. The van der Waals surface area contributed by atoms with Crippen molar-refractivity contribution >= 4 is 33.9 Å². The number of nitrogens with one attached hydrogen (secondary N) is 3. The molecule has 1 saturated carbocycles. The topological polar surface area (TPSA) is 118 Å². The van der Waals surface area contributed by atoms with E-state index < -0.39 is 0 Å². The maximum absolute atomic E-state index is 11.5. The first-order chi connectivity index (χ1) is 15.9. The van der Waals surface area contributed by atoms with Gasteiger partial charge in [0.2, 0.25) is 17.7 Å². The SMILES string of the molecule is COc1nc(N[C@H]2CC[C@](C)(NC(C)=O)CC2)nc2[nH]cc(-c3ccc4nccnc4c3)c12. The molecule has 1 amide bonds. The molecule has 3 heterocycles. The Hall–Kier alpha value is -3.75. The second-order valence-corrected chi connectivity index (χ2v) is 8.90. The van der Waals surface area contributed by atoms with Gasteiger partial charge in [-0.25, -0.2) is 0 Å². The molecule has 4 aromatic rings. The quantitative estimate of drug-likeness (QED) is 0.427. The van der Waals surface area contributed by atoms with Gasteiger partial charge in [0.15, 0.2) is 0 Å². The zero-order chi connectivity index (χ0) is 23.0. The van der Waals surface area contributed by atoms with Crippen LogP contribution in [0.15, 0.2) is 36.8 Å². The Morgan fingerprint density at radius 2 is 1.91 bits per heavy atom. The van der Waals surface area contributed by atoms with Crippen LogP contribution in [0.5, 0.6) is 5.88 Å². The Labute approximate surface area is 191 Å². The summed E-state index contributed by atoms with van der Waals surface area (Å²) in [5.74, 6) is 1.06. The van der Waals surface area contributed by atoms with Gasteiger partial charge in [-0.1, -0.05) is 6.07 Å². The molecule has 0 spiro atoms. The molecule has 0 unspecified atom stereocenters. The van der Waals surface area contributed by atoms with E-state index in [1.54, 1.807) is 26.4 Å². The summed E-state index contributed by atoms with van der Waals surface area (Å²) in [6, 6.07) is 6.21. The van der Waals surface area contributed by atoms with Crippen molar-refractivity contribution in [3.63, 3.8) is 0 Å². The molecule has 5 rings (SSSR count). The molecule has 0 aliphatic heterocycles.